The van der Waals surface area contributed by atoms with E-state index in [4.69, 9.17) is 14.0 Å². The first-order chi connectivity index (χ1) is 13.6. The van der Waals surface area contributed by atoms with Crippen LogP contribution >= 0.6 is 0 Å². The summed E-state index contributed by atoms with van der Waals surface area (Å²) >= 11 is 0. The van der Waals surface area contributed by atoms with E-state index in [2.05, 4.69) is 20.4 Å². The molecule has 0 aliphatic rings. The lowest BCUT2D eigenvalue weighted by molar-refractivity contribution is -0.143. The second-order valence-corrected chi connectivity index (χ2v) is 6.17. The van der Waals surface area contributed by atoms with Gasteiger partial charge in [-0.15, -0.1) is 0 Å². The van der Waals surface area contributed by atoms with E-state index in [0.29, 0.717) is 49.2 Å². The predicted octanol–water partition coefficient (Wildman–Crippen LogP) is 3.43. The van der Waals surface area contributed by atoms with E-state index in [1.807, 2.05) is 38.1 Å². The molecule has 0 aliphatic carbocycles. The third-order valence-corrected chi connectivity index (χ3v) is 4.11. The van der Waals surface area contributed by atoms with Crippen LogP contribution in [-0.2, 0) is 22.5 Å². The van der Waals surface area contributed by atoms with Crippen molar-refractivity contribution in [1.82, 2.24) is 15.1 Å². The summed E-state index contributed by atoms with van der Waals surface area (Å²) < 4.78 is 15.7. The van der Waals surface area contributed by atoms with Gasteiger partial charge in [0.2, 0.25) is 0 Å². The van der Waals surface area contributed by atoms with Gasteiger partial charge < -0.3 is 19.3 Å². The average Bonchev–Trinajstić information content (AvgIpc) is 3.07. The molecular formula is C20H24N4O4. The third kappa shape index (κ3) is 4.76. The zero-order valence-corrected chi connectivity index (χ0v) is 16.3. The molecule has 8 nitrogen and oxygen atoms in total. The maximum Gasteiger partial charge on any atom is 0.306 e. The van der Waals surface area contributed by atoms with Crippen LogP contribution in [0.15, 0.2) is 28.8 Å². The molecule has 8 heteroatoms. The molecule has 0 aliphatic heterocycles. The van der Waals surface area contributed by atoms with Crippen molar-refractivity contribution in [3.63, 3.8) is 0 Å². The maximum atomic E-state index is 11.6. The van der Waals surface area contributed by atoms with Crippen molar-refractivity contribution < 1.29 is 18.8 Å². The number of benzene rings is 1. The van der Waals surface area contributed by atoms with Crippen molar-refractivity contribution in [3.8, 4) is 5.75 Å². The number of carbonyl (C=O) groups excluding carboxylic acids is 1. The molecule has 0 amide bonds. The van der Waals surface area contributed by atoms with Crippen LogP contribution in [0, 0.1) is 6.92 Å². The van der Waals surface area contributed by atoms with Crippen molar-refractivity contribution in [2.75, 3.05) is 18.5 Å². The smallest absolute Gasteiger partial charge is 0.306 e. The molecular weight excluding hydrogens is 360 g/mol. The molecule has 1 N–H and O–H groups in total. The highest BCUT2D eigenvalue weighted by Gasteiger charge is 2.16. The number of ether oxygens (including phenoxy) is 2. The second kappa shape index (κ2) is 9.16. The summed E-state index contributed by atoms with van der Waals surface area (Å²) in [6, 6.07) is 7.87. The summed E-state index contributed by atoms with van der Waals surface area (Å²) in [5.41, 5.74) is 2.19. The normalized spacial score (nSPS) is 10.8. The number of nitrogens with zero attached hydrogens (tertiary/aromatic N) is 3. The van der Waals surface area contributed by atoms with Crippen molar-refractivity contribution in [1.29, 1.82) is 0 Å². The molecule has 0 unspecified atom stereocenters. The Hall–Kier alpha value is -3.16. The zero-order chi connectivity index (χ0) is 19.9. The lowest BCUT2D eigenvalue weighted by atomic mass is 10.2. The minimum atomic E-state index is -0.274. The zero-order valence-electron chi connectivity index (χ0n) is 16.3. The van der Waals surface area contributed by atoms with Crippen LogP contribution in [0.4, 0.5) is 5.82 Å². The molecule has 148 valence electrons. The number of carbonyl (C=O) groups is 1. The van der Waals surface area contributed by atoms with Crippen molar-refractivity contribution in [2.24, 2.45) is 0 Å². The molecule has 0 saturated heterocycles. The van der Waals surface area contributed by atoms with Gasteiger partial charge in [-0.3, -0.25) is 4.79 Å². The minimum Gasteiger partial charge on any atom is -0.494 e. The van der Waals surface area contributed by atoms with Gasteiger partial charge in [0.1, 0.15) is 22.8 Å². The highest BCUT2D eigenvalue weighted by molar-refractivity contribution is 5.87. The largest absolute Gasteiger partial charge is 0.494 e. The van der Waals surface area contributed by atoms with Crippen molar-refractivity contribution in [2.45, 2.75) is 40.2 Å². The quantitative estimate of drug-likeness (QED) is 0.560. The fourth-order valence-corrected chi connectivity index (χ4v) is 2.78. The van der Waals surface area contributed by atoms with E-state index in [1.54, 1.807) is 6.92 Å². The Bertz CT molecular complexity index is 937. The molecule has 3 aromatic rings. The van der Waals surface area contributed by atoms with Crippen LogP contribution in [0.5, 0.6) is 5.75 Å². The van der Waals surface area contributed by atoms with E-state index >= 15 is 0 Å². The predicted molar refractivity (Wildman–Crippen MR) is 104 cm³/mol. The fourth-order valence-electron chi connectivity index (χ4n) is 2.78. The molecule has 0 spiro atoms. The van der Waals surface area contributed by atoms with Gasteiger partial charge in [-0.05, 0) is 38.5 Å². The van der Waals surface area contributed by atoms with Gasteiger partial charge in [-0.1, -0.05) is 17.3 Å². The fraction of sp³-hybridized carbons (Fsp3) is 0.400. The lowest BCUT2D eigenvalue weighted by Gasteiger charge is -2.09. The second-order valence-electron chi connectivity index (χ2n) is 6.17. The number of nitrogens with one attached hydrogen (secondary N) is 1. The van der Waals surface area contributed by atoms with Gasteiger partial charge in [-0.2, -0.15) is 4.98 Å². The minimum absolute atomic E-state index is 0.213. The first-order valence-corrected chi connectivity index (χ1v) is 9.34. The van der Waals surface area contributed by atoms with E-state index in [1.165, 1.54) is 0 Å². The molecule has 0 radical (unpaired) electrons. The molecule has 0 fully saturated rings. The number of hydrogen-bond acceptors (Lipinski definition) is 8. The number of fused-ring (bicyclic) bond motifs is 1. The number of esters is 1. The number of rotatable bonds is 9. The molecule has 1 aromatic carbocycles. The maximum absolute atomic E-state index is 11.6. The average molecular weight is 384 g/mol. The number of hydrogen-bond donors (Lipinski definition) is 1. The standard InChI is InChI=1S/C20H24N4O4/c1-4-26-15-8-6-14(7-9-15)12-21-19-18-13(3)24-28-20(18)23-16(22-19)10-11-17(25)27-5-2/h6-9H,4-5,10-12H2,1-3H3,(H,21,22,23). The molecule has 2 heterocycles. The van der Waals surface area contributed by atoms with Gasteiger partial charge in [0, 0.05) is 13.0 Å². The van der Waals surface area contributed by atoms with Crippen LogP contribution < -0.4 is 10.1 Å². The summed E-state index contributed by atoms with van der Waals surface area (Å²) in [4.78, 5) is 20.6. The summed E-state index contributed by atoms with van der Waals surface area (Å²) in [5.74, 6) is 1.71. The Balaban J connectivity index is 1.76. The topological polar surface area (TPSA) is 99.4 Å². The van der Waals surface area contributed by atoms with Gasteiger partial charge >= 0.3 is 5.97 Å². The summed E-state index contributed by atoms with van der Waals surface area (Å²) in [6.07, 6.45) is 0.580. The van der Waals surface area contributed by atoms with E-state index in [9.17, 15) is 4.79 Å². The highest BCUT2D eigenvalue weighted by atomic mass is 16.5. The SMILES string of the molecule is CCOC(=O)CCc1nc(NCc2ccc(OCC)cc2)c2c(C)noc2n1. The summed E-state index contributed by atoms with van der Waals surface area (Å²) in [5, 5.41) is 8.05. The Kier molecular flexibility index (Phi) is 6.41. The Morgan fingerprint density at radius 1 is 1.14 bits per heavy atom. The van der Waals surface area contributed by atoms with Gasteiger partial charge in [0.15, 0.2) is 0 Å². The first kappa shape index (κ1) is 19.6. The van der Waals surface area contributed by atoms with Crippen molar-refractivity contribution >= 4 is 22.9 Å². The summed E-state index contributed by atoms with van der Waals surface area (Å²) in [6.45, 7) is 7.14. The molecule has 28 heavy (non-hydrogen) atoms. The molecule has 0 saturated carbocycles. The Morgan fingerprint density at radius 2 is 1.93 bits per heavy atom. The Labute approximate surface area is 163 Å². The molecule has 0 atom stereocenters. The van der Waals surface area contributed by atoms with Crippen LogP contribution in [0.1, 0.15) is 37.4 Å². The monoisotopic (exact) mass is 384 g/mol. The van der Waals surface area contributed by atoms with Gasteiger partial charge in [0.25, 0.3) is 5.71 Å². The van der Waals surface area contributed by atoms with E-state index in [0.717, 1.165) is 16.7 Å². The van der Waals surface area contributed by atoms with Crippen LogP contribution in [0.25, 0.3) is 11.1 Å². The number of aromatic nitrogens is 3. The van der Waals surface area contributed by atoms with Crippen LogP contribution in [0.3, 0.4) is 0 Å². The Morgan fingerprint density at radius 3 is 2.64 bits per heavy atom. The lowest BCUT2D eigenvalue weighted by Crippen LogP contribution is -2.09. The van der Waals surface area contributed by atoms with Crippen molar-refractivity contribution in [3.05, 3.63) is 41.3 Å². The molecule has 0 bridgehead atoms. The third-order valence-electron chi connectivity index (χ3n) is 4.11. The van der Waals surface area contributed by atoms with Crippen LogP contribution in [-0.4, -0.2) is 34.3 Å². The molecule has 2 aromatic heterocycles. The van der Waals surface area contributed by atoms with E-state index in [-0.39, 0.29) is 12.4 Å². The highest BCUT2D eigenvalue weighted by Crippen LogP contribution is 2.25. The van der Waals surface area contributed by atoms with Crippen LogP contribution in [0.2, 0.25) is 0 Å². The first-order valence-electron chi connectivity index (χ1n) is 9.34. The molecule has 3 rings (SSSR count). The van der Waals surface area contributed by atoms with Gasteiger partial charge in [0.05, 0.1) is 25.3 Å². The summed E-state index contributed by atoms with van der Waals surface area (Å²) in [7, 11) is 0. The number of anilines is 1. The van der Waals surface area contributed by atoms with E-state index < -0.39 is 0 Å². The van der Waals surface area contributed by atoms with Gasteiger partial charge in [-0.25, -0.2) is 4.98 Å². The number of aryl methyl sites for hydroxylation is 2.